The van der Waals surface area contributed by atoms with Crippen LogP contribution in [0.5, 0.6) is 11.5 Å². The molecule has 0 bridgehead atoms. The normalized spacial score (nSPS) is 11.8. The van der Waals surface area contributed by atoms with Gasteiger partial charge < -0.3 is 14.2 Å². The molecule has 1 unspecified atom stereocenters. The van der Waals surface area contributed by atoms with E-state index in [1.165, 1.54) is 7.11 Å². The molecule has 0 aromatic heterocycles. The second kappa shape index (κ2) is 6.35. The Hall–Kier alpha value is -1.42. The van der Waals surface area contributed by atoms with Gasteiger partial charge >= 0.3 is 5.97 Å². The quantitative estimate of drug-likeness (QED) is 0.601. The van der Waals surface area contributed by atoms with Crippen molar-refractivity contribution in [2.75, 3.05) is 20.8 Å². The molecule has 0 saturated carbocycles. The van der Waals surface area contributed by atoms with Crippen molar-refractivity contribution in [2.24, 2.45) is 0 Å². The van der Waals surface area contributed by atoms with Crippen LogP contribution in [-0.2, 0) is 9.53 Å². The van der Waals surface area contributed by atoms with Crippen molar-refractivity contribution in [3.05, 3.63) is 23.8 Å². The van der Waals surface area contributed by atoms with Crippen LogP contribution in [0.2, 0.25) is 0 Å². The predicted molar refractivity (Wildman–Crippen MR) is 64.8 cm³/mol. The number of benzene rings is 1. The summed E-state index contributed by atoms with van der Waals surface area (Å²) in [7, 11) is 3.05. The average molecular weight is 259 g/mol. The molecule has 94 valence electrons. The lowest BCUT2D eigenvalue weighted by Gasteiger charge is -2.14. The molecule has 5 heteroatoms. The van der Waals surface area contributed by atoms with Gasteiger partial charge in [-0.05, 0) is 25.1 Å². The standard InChI is InChI=1S/C12H15ClO4/c1-4-17-12(14)11(13)9-7-8(15-2)5-6-10(9)16-3/h5-7,11H,4H2,1-3H3. The molecule has 0 radical (unpaired) electrons. The van der Waals surface area contributed by atoms with Crippen molar-refractivity contribution in [1.82, 2.24) is 0 Å². The van der Waals surface area contributed by atoms with E-state index in [4.69, 9.17) is 25.8 Å². The summed E-state index contributed by atoms with van der Waals surface area (Å²) in [6, 6.07) is 5.09. The number of hydrogen-bond acceptors (Lipinski definition) is 4. The topological polar surface area (TPSA) is 44.8 Å². The molecule has 0 heterocycles. The van der Waals surface area contributed by atoms with E-state index in [0.29, 0.717) is 17.1 Å². The van der Waals surface area contributed by atoms with E-state index >= 15 is 0 Å². The van der Waals surface area contributed by atoms with Crippen LogP contribution in [0.3, 0.4) is 0 Å². The number of methoxy groups -OCH3 is 2. The van der Waals surface area contributed by atoms with E-state index in [0.717, 1.165) is 0 Å². The molecule has 0 spiro atoms. The van der Waals surface area contributed by atoms with Crippen LogP contribution in [0.4, 0.5) is 0 Å². The number of halogens is 1. The van der Waals surface area contributed by atoms with Crippen LogP contribution in [0.1, 0.15) is 17.9 Å². The minimum absolute atomic E-state index is 0.286. The van der Waals surface area contributed by atoms with Crippen LogP contribution in [-0.4, -0.2) is 26.8 Å². The maximum Gasteiger partial charge on any atom is 0.328 e. The lowest BCUT2D eigenvalue weighted by atomic mass is 10.1. The lowest BCUT2D eigenvalue weighted by molar-refractivity contribution is -0.142. The van der Waals surface area contributed by atoms with Gasteiger partial charge in [0.05, 0.1) is 20.8 Å². The maximum atomic E-state index is 11.6. The van der Waals surface area contributed by atoms with Gasteiger partial charge in [-0.3, -0.25) is 4.79 Å². The Bertz CT molecular complexity index is 392. The van der Waals surface area contributed by atoms with Crippen molar-refractivity contribution in [3.8, 4) is 11.5 Å². The van der Waals surface area contributed by atoms with E-state index in [9.17, 15) is 4.79 Å². The highest BCUT2D eigenvalue weighted by Crippen LogP contribution is 2.33. The third-order valence-electron chi connectivity index (χ3n) is 2.20. The molecule has 4 nitrogen and oxygen atoms in total. The molecule has 1 aromatic rings. The van der Waals surface area contributed by atoms with Gasteiger partial charge in [0.2, 0.25) is 0 Å². The zero-order valence-electron chi connectivity index (χ0n) is 10.0. The van der Waals surface area contributed by atoms with Gasteiger partial charge in [-0.1, -0.05) is 0 Å². The van der Waals surface area contributed by atoms with Gasteiger partial charge in [-0.25, -0.2) is 0 Å². The first-order chi connectivity index (χ1) is 8.13. The highest BCUT2D eigenvalue weighted by atomic mass is 35.5. The van der Waals surface area contributed by atoms with Crippen molar-refractivity contribution < 1.29 is 19.0 Å². The molecule has 1 rings (SSSR count). The fourth-order valence-electron chi connectivity index (χ4n) is 1.38. The Morgan fingerprint density at radius 1 is 1.35 bits per heavy atom. The molecule has 17 heavy (non-hydrogen) atoms. The minimum atomic E-state index is -0.903. The molecule has 0 fully saturated rings. The molecule has 0 aliphatic rings. The van der Waals surface area contributed by atoms with Crippen molar-refractivity contribution in [2.45, 2.75) is 12.3 Å². The Labute approximate surface area is 105 Å². The third kappa shape index (κ3) is 3.27. The molecule has 0 aliphatic heterocycles. The number of esters is 1. The second-order valence-corrected chi connectivity index (χ2v) is 3.66. The summed E-state index contributed by atoms with van der Waals surface area (Å²) in [5.74, 6) is 0.635. The van der Waals surface area contributed by atoms with Crippen molar-refractivity contribution >= 4 is 17.6 Å². The average Bonchev–Trinajstić information content (AvgIpc) is 2.37. The number of carbonyl (C=O) groups excluding carboxylic acids is 1. The smallest absolute Gasteiger partial charge is 0.328 e. The van der Waals surface area contributed by atoms with Crippen LogP contribution >= 0.6 is 11.6 Å². The first-order valence-corrected chi connectivity index (χ1v) is 5.60. The lowest BCUT2D eigenvalue weighted by Crippen LogP contribution is -2.12. The number of carbonyl (C=O) groups is 1. The van der Waals surface area contributed by atoms with Gasteiger partial charge in [0.15, 0.2) is 5.38 Å². The number of hydrogen-bond donors (Lipinski definition) is 0. The van der Waals surface area contributed by atoms with E-state index in [1.54, 1.807) is 32.2 Å². The highest BCUT2D eigenvalue weighted by Gasteiger charge is 2.23. The Morgan fingerprint density at radius 2 is 2.06 bits per heavy atom. The SMILES string of the molecule is CCOC(=O)C(Cl)c1cc(OC)ccc1OC. The second-order valence-electron chi connectivity index (χ2n) is 3.22. The molecule has 0 amide bonds. The van der Waals surface area contributed by atoms with Gasteiger partial charge in [0.25, 0.3) is 0 Å². The van der Waals surface area contributed by atoms with Crippen LogP contribution in [0, 0.1) is 0 Å². The van der Waals surface area contributed by atoms with E-state index in [2.05, 4.69) is 0 Å². The van der Waals surface area contributed by atoms with Gasteiger partial charge in [-0.15, -0.1) is 11.6 Å². The summed E-state index contributed by atoms with van der Waals surface area (Å²) in [4.78, 5) is 11.6. The number of ether oxygens (including phenoxy) is 3. The van der Waals surface area contributed by atoms with Crippen molar-refractivity contribution in [3.63, 3.8) is 0 Å². The van der Waals surface area contributed by atoms with Crippen LogP contribution < -0.4 is 9.47 Å². The summed E-state index contributed by atoms with van der Waals surface area (Å²) in [6.45, 7) is 2.01. The predicted octanol–water partition coefficient (Wildman–Crippen LogP) is 2.55. The highest BCUT2D eigenvalue weighted by molar-refractivity contribution is 6.30. The molecular weight excluding hydrogens is 244 g/mol. The molecule has 0 N–H and O–H groups in total. The summed E-state index contributed by atoms with van der Waals surface area (Å²) >= 11 is 6.04. The Morgan fingerprint density at radius 3 is 2.59 bits per heavy atom. The summed E-state index contributed by atoms with van der Waals surface area (Å²) < 4.78 is 15.1. The van der Waals surface area contributed by atoms with Gasteiger partial charge in [0.1, 0.15) is 11.5 Å². The van der Waals surface area contributed by atoms with E-state index in [1.807, 2.05) is 0 Å². The van der Waals surface area contributed by atoms with Crippen molar-refractivity contribution in [1.29, 1.82) is 0 Å². The van der Waals surface area contributed by atoms with E-state index < -0.39 is 11.3 Å². The number of rotatable bonds is 5. The maximum absolute atomic E-state index is 11.6. The monoisotopic (exact) mass is 258 g/mol. The molecule has 1 aromatic carbocycles. The largest absolute Gasteiger partial charge is 0.497 e. The Kier molecular flexibility index (Phi) is 5.10. The molecule has 0 aliphatic carbocycles. The van der Waals surface area contributed by atoms with Gasteiger partial charge in [0, 0.05) is 5.56 Å². The molecular formula is C12H15ClO4. The van der Waals surface area contributed by atoms with E-state index in [-0.39, 0.29) is 6.61 Å². The fourth-order valence-corrected chi connectivity index (χ4v) is 1.61. The van der Waals surface area contributed by atoms with Crippen LogP contribution in [0.25, 0.3) is 0 Å². The first-order valence-electron chi connectivity index (χ1n) is 5.16. The zero-order chi connectivity index (χ0) is 12.8. The summed E-state index contributed by atoms with van der Waals surface area (Å²) in [6.07, 6.45) is 0. The van der Waals surface area contributed by atoms with Crippen LogP contribution in [0.15, 0.2) is 18.2 Å². The number of alkyl halides is 1. The minimum Gasteiger partial charge on any atom is -0.497 e. The fraction of sp³-hybridized carbons (Fsp3) is 0.417. The Balaban J connectivity index is 3.04. The molecule has 0 saturated heterocycles. The summed E-state index contributed by atoms with van der Waals surface area (Å²) in [5, 5.41) is -0.903. The first kappa shape index (κ1) is 13.6. The van der Waals surface area contributed by atoms with Gasteiger partial charge in [-0.2, -0.15) is 0 Å². The molecule has 1 atom stereocenters. The third-order valence-corrected chi connectivity index (χ3v) is 2.62. The summed E-state index contributed by atoms with van der Waals surface area (Å²) in [5.41, 5.74) is 0.534. The zero-order valence-corrected chi connectivity index (χ0v) is 10.8.